The molecule has 0 unspecified atom stereocenters. The van der Waals surface area contributed by atoms with E-state index in [-0.39, 0.29) is 36.9 Å². The molecule has 13 heteroatoms. The summed E-state index contributed by atoms with van der Waals surface area (Å²) in [7, 11) is 4.93. The van der Waals surface area contributed by atoms with Crippen molar-refractivity contribution >= 4 is 28.1 Å². The second kappa shape index (κ2) is 9.93. The summed E-state index contributed by atoms with van der Waals surface area (Å²) in [5, 5.41) is 11.3. The Kier molecular flexibility index (Phi) is 6.63. The van der Waals surface area contributed by atoms with Gasteiger partial charge in [-0.2, -0.15) is 0 Å². The normalized spacial score (nSPS) is 22.7. The van der Waals surface area contributed by atoms with Crippen LogP contribution in [0.25, 0.3) is 22.2 Å². The van der Waals surface area contributed by atoms with Crippen LogP contribution in [0.2, 0.25) is 0 Å². The zero-order valence-electron chi connectivity index (χ0n) is 23.7. The Labute approximate surface area is 235 Å². The Bertz CT molecular complexity index is 1760. The summed E-state index contributed by atoms with van der Waals surface area (Å²) in [4.78, 5) is 49.2. The molecule has 13 nitrogen and oxygen atoms in total. The summed E-state index contributed by atoms with van der Waals surface area (Å²) in [5.74, 6) is 0.662. The van der Waals surface area contributed by atoms with Crippen LogP contribution in [-0.2, 0) is 42.0 Å². The third-order valence-corrected chi connectivity index (χ3v) is 8.83. The van der Waals surface area contributed by atoms with Gasteiger partial charge in [-0.15, -0.1) is 0 Å². The average molecular weight is 566 g/mol. The molecule has 0 bridgehead atoms. The molecule has 1 aromatic carbocycles. The number of hydrogen-bond donors (Lipinski definition) is 1. The topological polar surface area (TPSA) is 139 Å². The van der Waals surface area contributed by atoms with Crippen LogP contribution in [0.4, 0.5) is 0 Å². The first-order valence-electron chi connectivity index (χ1n) is 13.8. The lowest BCUT2D eigenvalue weighted by atomic mass is 9.77. The number of aliphatic hydroxyl groups is 1. The number of ether oxygens (including phenoxy) is 2. The summed E-state index contributed by atoms with van der Waals surface area (Å²) in [6, 6.07) is 7.33. The van der Waals surface area contributed by atoms with Gasteiger partial charge in [-0.1, -0.05) is 12.1 Å². The molecule has 0 aliphatic carbocycles. The highest BCUT2D eigenvalue weighted by Crippen LogP contribution is 2.44. The predicted molar refractivity (Wildman–Crippen MR) is 149 cm³/mol. The van der Waals surface area contributed by atoms with Crippen LogP contribution >= 0.6 is 0 Å². The minimum Gasteiger partial charge on any atom is -0.386 e. The number of aryl methyl sites for hydroxylation is 2. The average Bonchev–Trinajstić information content (AvgIpc) is 3.54. The van der Waals surface area contributed by atoms with Gasteiger partial charge in [0, 0.05) is 40.7 Å². The molecule has 1 spiro atoms. The van der Waals surface area contributed by atoms with Crippen molar-refractivity contribution in [3.8, 4) is 0 Å². The van der Waals surface area contributed by atoms with E-state index in [0.29, 0.717) is 32.4 Å². The zero-order valence-corrected chi connectivity index (χ0v) is 23.7. The number of aromatic nitrogens is 6. The van der Waals surface area contributed by atoms with Gasteiger partial charge >= 0.3 is 5.69 Å². The summed E-state index contributed by atoms with van der Waals surface area (Å²) in [6.07, 6.45) is 3.12. The van der Waals surface area contributed by atoms with Gasteiger partial charge < -0.3 is 28.6 Å². The largest absolute Gasteiger partial charge is 0.386 e. The third kappa shape index (κ3) is 4.57. The number of piperidine rings is 1. The van der Waals surface area contributed by atoms with Crippen LogP contribution in [0.15, 0.2) is 40.2 Å². The molecule has 0 radical (unpaired) electrons. The van der Waals surface area contributed by atoms with E-state index in [1.54, 1.807) is 23.4 Å². The van der Waals surface area contributed by atoms with Crippen LogP contribution in [0.3, 0.4) is 0 Å². The molecule has 5 heterocycles. The zero-order chi connectivity index (χ0) is 29.1. The molecule has 2 saturated heterocycles. The summed E-state index contributed by atoms with van der Waals surface area (Å²) in [5.41, 5.74) is -0.324. The van der Waals surface area contributed by atoms with Crippen molar-refractivity contribution in [3.05, 3.63) is 57.3 Å². The third-order valence-electron chi connectivity index (χ3n) is 8.83. The molecular weight excluding hydrogens is 530 g/mol. The first-order valence-corrected chi connectivity index (χ1v) is 13.8. The quantitative estimate of drug-likeness (QED) is 0.372. The number of likely N-dealkylation sites (tertiary alicyclic amines) is 1. The van der Waals surface area contributed by atoms with Crippen molar-refractivity contribution in [1.29, 1.82) is 0 Å². The lowest BCUT2D eigenvalue weighted by molar-refractivity contribution is -0.201. The van der Waals surface area contributed by atoms with Crippen LogP contribution in [0.1, 0.15) is 38.1 Å². The predicted octanol–water partition coefficient (Wildman–Crippen LogP) is 0.611. The van der Waals surface area contributed by atoms with Crippen molar-refractivity contribution in [2.45, 2.75) is 50.0 Å². The summed E-state index contributed by atoms with van der Waals surface area (Å²) >= 11 is 0. The molecule has 218 valence electrons. The van der Waals surface area contributed by atoms with Gasteiger partial charge in [0.25, 0.3) is 5.56 Å². The first kappa shape index (κ1) is 27.4. The second-order valence-corrected chi connectivity index (χ2v) is 11.5. The summed E-state index contributed by atoms with van der Waals surface area (Å²) < 4.78 is 18.1. The highest BCUT2D eigenvalue weighted by molar-refractivity contribution is 5.78. The van der Waals surface area contributed by atoms with Crippen LogP contribution < -0.4 is 11.2 Å². The number of benzene rings is 1. The number of carbonyl (C=O) groups excluding carboxylic acids is 1. The summed E-state index contributed by atoms with van der Waals surface area (Å²) in [6.45, 7) is 2.92. The van der Waals surface area contributed by atoms with Crippen molar-refractivity contribution < 1.29 is 19.4 Å². The van der Waals surface area contributed by atoms with Crippen molar-refractivity contribution in [3.63, 3.8) is 0 Å². The lowest BCUT2D eigenvalue weighted by Gasteiger charge is -2.51. The Morgan fingerprint density at radius 2 is 1.85 bits per heavy atom. The molecule has 41 heavy (non-hydrogen) atoms. The molecule has 2 atom stereocenters. The van der Waals surface area contributed by atoms with E-state index in [9.17, 15) is 19.5 Å². The van der Waals surface area contributed by atoms with Crippen molar-refractivity contribution in [2.75, 3.05) is 26.3 Å². The van der Waals surface area contributed by atoms with Gasteiger partial charge in [0.15, 0.2) is 11.2 Å². The van der Waals surface area contributed by atoms with Crippen LogP contribution in [0, 0.1) is 0 Å². The minimum absolute atomic E-state index is 0.0442. The molecule has 2 aliphatic rings. The van der Waals surface area contributed by atoms with Gasteiger partial charge in [-0.05, 0) is 31.9 Å². The maximum absolute atomic E-state index is 13.1. The molecule has 1 N–H and O–H groups in total. The molecular formula is C28H35N7O6. The lowest BCUT2D eigenvalue weighted by Crippen LogP contribution is -2.58. The number of para-hydroxylation sites is 2. The Morgan fingerprint density at radius 1 is 1.12 bits per heavy atom. The van der Waals surface area contributed by atoms with E-state index >= 15 is 0 Å². The Balaban J connectivity index is 1.13. The first-order chi connectivity index (χ1) is 19.5. The van der Waals surface area contributed by atoms with Gasteiger partial charge in [-0.3, -0.25) is 18.7 Å². The number of carbonyl (C=O) groups is 1. The van der Waals surface area contributed by atoms with E-state index in [4.69, 9.17) is 9.47 Å². The fourth-order valence-corrected chi connectivity index (χ4v) is 6.18. The smallest absolute Gasteiger partial charge is 0.332 e. The molecule has 0 saturated carbocycles. The van der Waals surface area contributed by atoms with Gasteiger partial charge in [0.05, 0.1) is 35.6 Å². The van der Waals surface area contributed by atoms with E-state index in [1.807, 2.05) is 35.9 Å². The van der Waals surface area contributed by atoms with Crippen molar-refractivity contribution in [1.82, 2.24) is 33.1 Å². The highest BCUT2D eigenvalue weighted by Gasteiger charge is 2.50. The maximum atomic E-state index is 13.1. The van der Waals surface area contributed by atoms with E-state index in [2.05, 4.69) is 9.97 Å². The monoisotopic (exact) mass is 565 g/mol. The van der Waals surface area contributed by atoms with Crippen molar-refractivity contribution in [2.24, 2.45) is 21.1 Å². The number of amides is 1. The molecule has 3 aromatic heterocycles. The number of fused-ring (bicyclic) bond motifs is 2. The molecule has 4 aromatic rings. The molecule has 1 amide bonds. The van der Waals surface area contributed by atoms with Gasteiger partial charge in [0.1, 0.15) is 24.6 Å². The SMILES string of the molecule is Cn1c(=O)c2c(ncn2[C@H]2CC3(CCN(C(=O)COCc4nc5ccccc5n4C)CC3)OC[C@]2(C)O)n(C)c1=O. The fraction of sp³-hybridized carbons (Fsp3) is 0.536. The van der Waals surface area contributed by atoms with Gasteiger partial charge in [-0.25, -0.2) is 14.8 Å². The Morgan fingerprint density at radius 3 is 2.59 bits per heavy atom. The Hall–Kier alpha value is -3.81. The fourth-order valence-electron chi connectivity index (χ4n) is 6.18. The number of nitrogens with zero attached hydrogens (tertiary/aromatic N) is 7. The second-order valence-electron chi connectivity index (χ2n) is 11.5. The van der Waals surface area contributed by atoms with Crippen LogP contribution in [0.5, 0.6) is 0 Å². The number of hydrogen-bond acceptors (Lipinski definition) is 8. The maximum Gasteiger partial charge on any atom is 0.332 e. The molecule has 2 fully saturated rings. The van der Waals surface area contributed by atoms with Gasteiger partial charge in [0.2, 0.25) is 5.91 Å². The molecule has 2 aliphatic heterocycles. The van der Waals surface area contributed by atoms with E-state index in [1.165, 1.54) is 17.9 Å². The van der Waals surface area contributed by atoms with E-state index in [0.717, 1.165) is 21.4 Å². The van der Waals surface area contributed by atoms with E-state index < -0.39 is 28.5 Å². The standard InChI is InChI=1S/C28H35N7O6/c1-27(39)16-41-28(13-20(27)35-17-29-24-23(35)25(37)33(4)26(38)32(24)3)9-11-34(12-10-28)22(36)15-40-14-21-30-18-7-5-6-8-19(18)31(21)2/h5-8,17,20,39H,9-16H2,1-4H3/t20-,27-/m0/s1. The number of rotatable bonds is 5. The highest BCUT2D eigenvalue weighted by atomic mass is 16.5. The number of imidazole rings is 2. The minimum atomic E-state index is -1.27. The molecule has 6 rings (SSSR count). The van der Waals surface area contributed by atoms with Crippen LogP contribution in [-0.4, -0.2) is 81.7 Å².